The summed E-state index contributed by atoms with van der Waals surface area (Å²) in [5.41, 5.74) is 6.18. The second-order valence-electron chi connectivity index (χ2n) is 5.41. The predicted molar refractivity (Wildman–Crippen MR) is 76.3 cm³/mol. The van der Waals surface area contributed by atoms with Crippen LogP contribution in [-0.2, 0) is 0 Å². The summed E-state index contributed by atoms with van der Waals surface area (Å²) in [6.45, 7) is 8.56. The van der Waals surface area contributed by atoms with Crippen molar-refractivity contribution in [2.24, 2.45) is 11.1 Å². The van der Waals surface area contributed by atoms with Crippen molar-refractivity contribution in [2.75, 3.05) is 0 Å². The van der Waals surface area contributed by atoms with Gasteiger partial charge in [-0.1, -0.05) is 39.8 Å². The minimum Gasteiger partial charge on any atom is -0.487 e. The van der Waals surface area contributed by atoms with Crippen LogP contribution in [0.5, 0.6) is 5.75 Å². The monoisotopic (exact) mass is 299 g/mol. The molecule has 0 saturated carbocycles. The molecule has 0 aliphatic rings. The first-order chi connectivity index (χ1) is 7.86. The van der Waals surface area contributed by atoms with Gasteiger partial charge in [-0.05, 0) is 34.5 Å². The molecule has 96 valence electrons. The van der Waals surface area contributed by atoms with Gasteiger partial charge >= 0.3 is 0 Å². The zero-order valence-electron chi connectivity index (χ0n) is 11.0. The topological polar surface area (TPSA) is 35.2 Å². The Balaban J connectivity index is 2.91. The molecule has 0 radical (unpaired) electrons. The summed E-state index contributed by atoms with van der Waals surface area (Å²) in [4.78, 5) is 0. The number of para-hydroxylation sites is 1. The van der Waals surface area contributed by atoms with E-state index in [4.69, 9.17) is 10.5 Å². The molecule has 1 aromatic carbocycles. The number of ether oxygens (including phenoxy) is 1. The van der Waals surface area contributed by atoms with Crippen LogP contribution in [0.2, 0.25) is 0 Å². The molecule has 0 aromatic heterocycles. The third-order valence-corrected chi connectivity index (χ3v) is 3.46. The molecule has 0 amide bonds. The van der Waals surface area contributed by atoms with Crippen LogP contribution in [0.3, 0.4) is 0 Å². The predicted octanol–water partition coefficient (Wildman–Crippen LogP) is 3.98. The van der Waals surface area contributed by atoms with E-state index in [0.717, 1.165) is 16.6 Å². The molecule has 0 aliphatic carbocycles. The van der Waals surface area contributed by atoms with Gasteiger partial charge in [0.2, 0.25) is 0 Å². The van der Waals surface area contributed by atoms with Crippen LogP contribution in [-0.4, -0.2) is 12.1 Å². The quantitative estimate of drug-likeness (QED) is 0.913. The van der Waals surface area contributed by atoms with E-state index in [1.54, 1.807) is 0 Å². The Bertz CT molecular complexity index is 359. The van der Waals surface area contributed by atoms with Gasteiger partial charge in [0.05, 0.1) is 4.47 Å². The van der Waals surface area contributed by atoms with Gasteiger partial charge in [-0.3, -0.25) is 0 Å². The Morgan fingerprint density at radius 2 is 1.88 bits per heavy atom. The fourth-order valence-corrected chi connectivity index (χ4v) is 2.18. The lowest BCUT2D eigenvalue weighted by Crippen LogP contribution is -2.47. The summed E-state index contributed by atoms with van der Waals surface area (Å²) >= 11 is 3.50. The van der Waals surface area contributed by atoms with Crippen LogP contribution in [0, 0.1) is 5.41 Å². The first-order valence-electron chi connectivity index (χ1n) is 6.03. The Morgan fingerprint density at radius 1 is 1.29 bits per heavy atom. The van der Waals surface area contributed by atoms with Crippen LogP contribution in [0.1, 0.15) is 34.1 Å². The molecule has 2 unspecified atom stereocenters. The lowest BCUT2D eigenvalue weighted by molar-refractivity contribution is 0.0615. The highest BCUT2D eigenvalue weighted by molar-refractivity contribution is 9.10. The number of hydrogen-bond donors (Lipinski definition) is 1. The molecule has 0 spiro atoms. The molecule has 2 nitrogen and oxygen atoms in total. The highest BCUT2D eigenvalue weighted by atomic mass is 79.9. The number of nitrogens with two attached hydrogens (primary N) is 1. The molecule has 0 saturated heterocycles. The molecule has 2 atom stereocenters. The van der Waals surface area contributed by atoms with Crippen LogP contribution < -0.4 is 10.5 Å². The second kappa shape index (κ2) is 5.87. The molecule has 0 heterocycles. The van der Waals surface area contributed by atoms with E-state index in [0.29, 0.717) is 0 Å². The maximum atomic E-state index is 6.16. The smallest absolute Gasteiger partial charge is 0.134 e. The number of rotatable bonds is 4. The summed E-state index contributed by atoms with van der Waals surface area (Å²) in [6.07, 6.45) is 0.915. The Labute approximate surface area is 113 Å². The molecular formula is C14H22BrNO. The van der Waals surface area contributed by atoms with Crippen LogP contribution >= 0.6 is 15.9 Å². The lowest BCUT2D eigenvalue weighted by atomic mass is 9.84. The van der Waals surface area contributed by atoms with Crippen molar-refractivity contribution in [3.8, 4) is 5.75 Å². The van der Waals surface area contributed by atoms with Crippen molar-refractivity contribution in [1.29, 1.82) is 0 Å². The lowest BCUT2D eigenvalue weighted by Gasteiger charge is -2.35. The van der Waals surface area contributed by atoms with Gasteiger partial charge in [0, 0.05) is 11.5 Å². The molecule has 0 bridgehead atoms. The molecule has 1 rings (SSSR count). The van der Waals surface area contributed by atoms with Gasteiger partial charge in [-0.25, -0.2) is 0 Å². The average Bonchev–Trinajstić information content (AvgIpc) is 2.25. The summed E-state index contributed by atoms with van der Waals surface area (Å²) in [5.74, 6) is 0.858. The van der Waals surface area contributed by atoms with Gasteiger partial charge in [0.25, 0.3) is 0 Å². The molecule has 1 aromatic rings. The highest BCUT2D eigenvalue weighted by Gasteiger charge is 2.31. The normalized spacial score (nSPS) is 15.4. The van der Waals surface area contributed by atoms with Gasteiger partial charge in [-0.15, -0.1) is 0 Å². The van der Waals surface area contributed by atoms with Gasteiger partial charge < -0.3 is 10.5 Å². The first-order valence-corrected chi connectivity index (χ1v) is 6.82. The fraction of sp³-hybridized carbons (Fsp3) is 0.571. The van der Waals surface area contributed by atoms with E-state index in [1.165, 1.54) is 0 Å². The van der Waals surface area contributed by atoms with E-state index in [-0.39, 0.29) is 17.6 Å². The minimum absolute atomic E-state index is 0.00574. The van der Waals surface area contributed by atoms with E-state index >= 15 is 0 Å². The van der Waals surface area contributed by atoms with Crippen molar-refractivity contribution in [2.45, 2.75) is 46.3 Å². The molecule has 0 aliphatic heterocycles. The summed E-state index contributed by atoms with van der Waals surface area (Å²) in [7, 11) is 0. The molecular weight excluding hydrogens is 278 g/mol. The third-order valence-electron chi connectivity index (χ3n) is 2.80. The summed E-state index contributed by atoms with van der Waals surface area (Å²) in [5, 5.41) is 0. The van der Waals surface area contributed by atoms with Crippen LogP contribution in [0.15, 0.2) is 28.7 Å². The van der Waals surface area contributed by atoms with Crippen molar-refractivity contribution in [3.63, 3.8) is 0 Å². The van der Waals surface area contributed by atoms with Gasteiger partial charge in [-0.2, -0.15) is 0 Å². The van der Waals surface area contributed by atoms with Crippen molar-refractivity contribution < 1.29 is 4.74 Å². The Hall–Kier alpha value is -0.540. The molecule has 2 N–H and O–H groups in total. The zero-order chi connectivity index (χ0) is 13.1. The van der Waals surface area contributed by atoms with E-state index in [9.17, 15) is 0 Å². The van der Waals surface area contributed by atoms with Crippen molar-refractivity contribution >= 4 is 15.9 Å². The molecule has 0 fully saturated rings. The molecule has 17 heavy (non-hydrogen) atoms. The number of halogens is 1. The van der Waals surface area contributed by atoms with Crippen LogP contribution in [0.25, 0.3) is 0 Å². The maximum Gasteiger partial charge on any atom is 0.134 e. The Morgan fingerprint density at radius 3 is 2.35 bits per heavy atom. The highest BCUT2D eigenvalue weighted by Crippen LogP contribution is 2.31. The number of hydrogen-bond acceptors (Lipinski definition) is 2. The minimum atomic E-state index is 0.00574. The maximum absolute atomic E-state index is 6.16. The first kappa shape index (κ1) is 14.5. The third kappa shape index (κ3) is 4.00. The zero-order valence-corrected chi connectivity index (χ0v) is 12.6. The fourth-order valence-electron chi connectivity index (χ4n) is 1.80. The Kier molecular flexibility index (Phi) is 5.02. The van der Waals surface area contributed by atoms with Gasteiger partial charge in [0.1, 0.15) is 11.9 Å². The second-order valence-corrected chi connectivity index (χ2v) is 6.26. The molecule has 3 heteroatoms. The average molecular weight is 300 g/mol. The van der Waals surface area contributed by atoms with E-state index < -0.39 is 0 Å². The van der Waals surface area contributed by atoms with Crippen molar-refractivity contribution in [3.05, 3.63) is 28.7 Å². The van der Waals surface area contributed by atoms with Gasteiger partial charge in [0.15, 0.2) is 0 Å². The van der Waals surface area contributed by atoms with Crippen molar-refractivity contribution in [1.82, 2.24) is 0 Å². The van der Waals surface area contributed by atoms with Crippen LogP contribution in [0.4, 0.5) is 0 Å². The number of benzene rings is 1. The summed E-state index contributed by atoms with van der Waals surface area (Å²) < 4.78 is 7.06. The standard InChI is InChI=1S/C14H22BrNO/c1-5-11(16)13(14(2,3)4)17-12-9-7-6-8-10(12)15/h6-9,11,13H,5,16H2,1-4H3. The van der Waals surface area contributed by atoms with E-state index in [2.05, 4.69) is 43.6 Å². The van der Waals surface area contributed by atoms with E-state index in [1.807, 2.05) is 24.3 Å². The SMILES string of the molecule is CCC(N)C(Oc1ccccc1Br)C(C)(C)C. The largest absolute Gasteiger partial charge is 0.487 e. The summed E-state index contributed by atoms with van der Waals surface area (Å²) in [6, 6.07) is 7.93.